The maximum absolute atomic E-state index is 10.9. The van der Waals surface area contributed by atoms with Crippen LogP contribution in [0.15, 0.2) is 23.3 Å². The van der Waals surface area contributed by atoms with E-state index in [0.29, 0.717) is 11.3 Å². The van der Waals surface area contributed by atoms with Crippen molar-refractivity contribution in [2.45, 2.75) is 61.3 Å². The lowest BCUT2D eigenvalue weighted by molar-refractivity contribution is -0.112. The molecule has 0 fully saturated rings. The summed E-state index contributed by atoms with van der Waals surface area (Å²) in [6, 6.07) is 0. The fraction of sp³-hybridized carbons (Fsp3) is 0.688. The first kappa shape index (κ1) is 16.1. The number of carbonyl (C=O) groups excluding carboxylic acids is 1. The Labute approximate surface area is 107 Å². The third-order valence-electron chi connectivity index (χ3n) is 2.54. The molecule has 0 bridgehead atoms. The molecule has 0 amide bonds. The van der Waals surface area contributed by atoms with Crippen LogP contribution in [0.4, 0.5) is 0 Å². The first-order chi connectivity index (χ1) is 7.60. The Bertz CT molecular complexity index is 313. The van der Waals surface area contributed by atoms with Crippen LogP contribution in [0.25, 0.3) is 0 Å². The van der Waals surface area contributed by atoms with E-state index in [0.717, 1.165) is 12.0 Å². The standard InChI is InChI=1S/C16H28O/c1-12(8-13(2)10-15(4)17)9-14(3)11-16(5,6)7/h8,10,14H,9,11H2,1-7H3/b12-8+,13-10-. The van der Waals surface area contributed by atoms with Gasteiger partial charge in [-0.05, 0) is 56.6 Å². The highest BCUT2D eigenvalue weighted by Crippen LogP contribution is 2.27. The summed E-state index contributed by atoms with van der Waals surface area (Å²) < 4.78 is 0. The molecule has 1 nitrogen and oxygen atoms in total. The van der Waals surface area contributed by atoms with Gasteiger partial charge < -0.3 is 0 Å². The average Bonchev–Trinajstić information content (AvgIpc) is 1.95. The molecular weight excluding hydrogens is 208 g/mol. The van der Waals surface area contributed by atoms with E-state index in [-0.39, 0.29) is 5.78 Å². The van der Waals surface area contributed by atoms with Crippen LogP contribution in [0, 0.1) is 11.3 Å². The zero-order valence-corrected chi connectivity index (χ0v) is 12.6. The number of ketones is 1. The van der Waals surface area contributed by atoms with Crippen LogP contribution in [0.5, 0.6) is 0 Å². The molecule has 0 saturated carbocycles. The van der Waals surface area contributed by atoms with E-state index in [4.69, 9.17) is 0 Å². The van der Waals surface area contributed by atoms with Crippen LogP contribution >= 0.6 is 0 Å². The summed E-state index contributed by atoms with van der Waals surface area (Å²) in [5.74, 6) is 0.811. The fourth-order valence-electron chi connectivity index (χ4n) is 2.48. The molecule has 0 rings (SSSR count). The van der Waals surface area contributed by atoms with Crippen LogP contribution < -0.4 is 0 Å². The molecular formula is C16H28O. The van der Waals surface area contributed by atoms with Crippen LogP contribution in [0.3, 0.4) is 0 Å². The van der Waals surface area contributed by atoms with Gasteiger partial charge in [-0.2, -0.15) is 0 Å². The Hall–Kier alpha value is -0.850. The molecule has 0 heterocycles. The van der Waals surface area contributed by atoms with Gasteiger partial charge in [0.2, 0.25) is 0 Å². The zero-order valence-electron chi connectivity index (χ0n) is 12.6. The number of rotatable bonds is 5. The topological polar surface area (TPSA) is 17.1 Å². The summed E-state index contributed by atoms with van der Waals surface area (Å²) >= 11 is 0. The molecule has 0 spiro atoms. The van der Waals surface area contributed by atoms with Gasteiger partial charge in [0.15, 0.2) is 5.78 Å². The second kappa shape index (κ2) is 6.78. The highest BCUT2D eigenvalue weighted by atomic mass is 16.1. The Kier molecular flexibility index (Phi) is 6.44. The predicted octanol–water partition coefficient (Wildman–Crippen LogP) is 4.93. The normalized spacial score (nSPS) is 15.9. The summed E-state index contributed by atoms with van der Waals surface area (Å²) in [6.45, 7) is 14.9. The molecule has 0 aromatic rings. The Balaban J connectivity index is 4.39. The Morgan fingerprint density at radius 2 is 1.65 bits per heavy atom. The van der Waals surface area contributed by atoms with Gasteiger partial charge in [-0.3, -0.25) is 4.79 Å². The predicted molar refractivity (Wildman–Crippen MR) is 76.0 cm³/mol. The third-order valence-corrected chi connectivity index (χ3v) is 2.54. The van der Waals surface area contributed by atoms with Crippen LogP contribution in [0.2, 0.25) is 0 Å². The maximum Gasteiger partial charge on any atom is 0.152 e. The molecule has 0 aromatic heterocycles. The van der Waals surface area contributed by atoms with Gasteiger partial charge in [0.05, 0.1) is 0 Å². The highest BCUT2D eigenvalue weighted by molar-refractivity contribution is 5.88. The molecule has 0 aliphatic heterocycles. The second-order valence-corrected chi connectivity index (χ2v) is 6.56. The molecule has 98 valence electrons. The second-order valence-electron chi connectivity index (χ2n) is 6.56. The Morgan fingerprint density at radius 3 is 2.06 bits per heavy atom. The van der Waals surface area contributed by atoms with Gasteiger partial charge in [0, 0.05) is 0 Å². The summed E-state index contributed by atoms with van der Waals surface area (Å²) in [5, 5.41) is 0. The molecule has 0 aromatic carbocycles. The number of hydrogen-bond acceptors (Lipinski definition) is 1. The summed E-state index contributed by atoms with van der Waals surface area (Å²) in [4.78, 5) is 10.9. The first-order valence-corrected chi connectivity index (χ1v) is 6.46. The monoisotopic (exact) mass is 236 g/mol. The van der Waals surface area contributed by atoms with Crippen molar-refractivity contribution in [2.75, 3.05) is 0 Å². The van der Waals surface area contributed by atoms with Gasteiger partial charge in [-0.1, -0.05) is 39.3 Å². The third kappa shape index (κ3) is 10.0. The van der Waals surface area contributed by atoms with Crippen LogP contribution in [-0.4, -0.2) is 5.78 Å². The van der Waals surface area contributed by atoms with Gasteiger partial charge >= 0.3 is 0 Å². The molecule has 1 unspecified atom stereocenters. The SMILES string of the molecule is CC(=O)/C=C(C)\C=C(/C)CC(C)CC(C)(C)C. The van der Waals surface area contributed by atoms with E-state index < -0.39 is 0 Å². The zero-order chi connectivity index (χ0) is 13.6. The van der Waals surface area contributed by atoms with E-state index in [1.54, 1.807) is 13.0 Å². The molecule has 1 heteroatoms. The molecule has 0 N–H and O–H groups in total. The molecule has 0 aliphatic carbocycles. The smallest absolute Gasteiger partial charge is 0.152 e. The molecule has 0 saturated heterocycles. The van der Waals surface area contributed by atoms with E-state index in [1.807, 2.05) is 6.92 Å². The molecule has 0 radical (unpaired) electrons. The minimum absolute atomic E-state index is 0.120. The van der Waals surface area contributed by atoms with E-state index in [2.05, 4.69) is 40.7 Å². The summed E-state index contributed by atoms with van der Waals surface area (Å²) in [5.41, 5.74) is 2.80. The van der Waals surface area contributed by atoms with Crippen molar-refractivity contribution in [3.63, 3.8) is 0 Å². The van der Waals surface area contributed by atoms with E-state index in [1.165, 1.54) is 12.0 Å². The lowest BCUT2D eigenvalue weighted by Crippen LogP contribution is -2.11. The van der Waals surface area contributed by atoms with Crippen molar-refractivity contribution in [1.29, 1.82) is 0 Å². The molecule has 17 heavy (non-hydrogen) atoms. The minimum Gasteiger partial charge on any atom is -0.295 e. The lowest BCUT2D eigenvalue weighted by Gasteiger charge is -2.23. The minimum atomic E-state index is 0.120. The molecule has 1 atom stereocenters. The number of carbonyl (C=O) groups is 1. The van der Waals surface area contributed by atoms with Crippen LogP contribution in [0.1, 0.15) is 61.3 Å². The van der Waals surface area contributed by atoms with Gasteiger partial charge in [-0.15, -0.1) is 0 Å². The molecule has 0 aliphatic rings. The lowest BCUT2D eigenvalue weighted by atomic mass is 9.83. The Morgan fingerprint density at radius 1 is 1.12 bits per heavy atom. The quantitative estimate of drug-likeness (QED) is 0.488. The number of hydrogen-bond donors (Lipinski definition) is 0. The maximum atomic E-state index is 10.9. The summed E-state index contributed by atoms with van der Waals surface area (Å²) in [6.07, 6.45) is 6.16. The fourth-order valence-corrected chi connectivity index (χ4v) is 2.48. The van der Waals surface area contributed by atoms with Crippen LogP contribution in [-0.2, 0) is 4.79 Å². The highest BCUT2D eigenvalue weighted by Gasteiger charge is 2.15. The van der Waals surface area contributed by atoms with Crippen molar-refractivity contribution in [2.24, 2.45) is 11.3 Å². The van der Waals surface area contributed by atoms with Crippen molar-refractivity contribution in [3.05, 3.63) is 23.3 Å². The average molecular weight is 236 g/mol. The van der Waals surface area contributed by atoms with Crippen molar-refractivity contribution >= 4 is 5.78 Å². The van der Waals surface area contributed by atoms with Crippen molar-refractivity contribution in [3.8, 4) is 0 Å². The largest absolute Gasteiger partial charge is 0.295 e. The van der Waals surface area contributed by atoms with E-state index in [9.17, 15) is 4.79 Å². The summed E-state index contributed by atoms with van der Waals surface area (Å²) in [7, 11) is 0. The first-order valence-electron chi connectivity index (χ1n) is 6.46. The van der Waals surface area contributed by atoms with Gasteiger partial charge in [-0.25, -0.2) is 0 Å². The van der Waals surface area contributed by atoms with E-state index >= 15 is 0 Å². The van der Waals surface area contributed by atoms with Crippen molar-refractivity contribution < 1.29 is 4.79 Å². The van der Waals surface area contributed by atoms with Gasteiger partial charge in [0.25, 0.3) is 0 Å². The van der Waals surface area contributed by atoms with Crippen molar-refractivity contribution in [1.82, 2.24) is 0 Å². The van der Waals surface area contributed by atoms with Gasteiger partial charge in [0.1, 0.15) is 0 Å². The number of allylic oxidation sites excluding steroid dienone is 4.